The van der Waals surface area contributed by atoms with Gasteiger partial charge >= 0.3 is 0 Å². The molecule has 0 aliphatic rings. The van der Waals surface area contributed by atoms with Gasteiger partial charge in [-0.05, 0) is 32.0 Å². The molecule has 0 radical (unpaired) electrons. The molecule has 1 rings (SSSR count). The molecule has 92 valence electrons. The molecule has 17 heavy (non-hydrogen) atoms. The number of pyridine rings is 1. The molecule has 0 aliphatic heterocycles. The SMILES string of the molecule is C#CCCCOc1ccc(C)nc1CNCC. The first-order chi connectivity index (χ1) is 8.27. The minimum absolute atomic E-state index is 0.647. The van der Waals surface area contributed by atoms with Crippen molar-refractivity contribution in [1.82, 2.24) is 10.3 Å². The van der Waals surface area contributed by atoms with Gasteiger partial charge in [0.15, 0.2) is 0 Å². The Morgan fingerprint density at radius 3 is 3.00 bits per heavy atom. The highest BCUT2D eigenvalue weighted by molar-refractivity contribution is 5.29. The lowest BCUT2D eigenvalue weighted by Crippen LogP contribution is -2.14. The summed E-state index contributed by atoms with van der Waals surface area (Å²) in [5.74, 6) is 3.46. The molecule has 0 aliphatic carbocycles. The summed E-state index contributed by atoms with van der Waals surface area (Å²) in [6, 6.07) is 3.94. The monoisotopic (exact) mass is 232 g/mol. The number of hydrogen-bond acceptors (Lipinski definition) is 3. The summed E-state index contributed by atoms with van der Waals surface area (Å²) >= 11 is 0. The van der Waals surface area contributed by atoms with Crippen molar-refractivity contribution in [2.75, 3.05) is 13.2 Å². The number of terminal acetylenes is 1. The van der Waals surface area contributed by atoms with Crippen LogP contribution in [-0.4, -0.2) is 18.1 Å². The number of aromatic nitrogens is 1. The quantitative estimate of drug-likeness (QED) is 0.578. The van der Waals surface area contributed by atoms with Gasteiger partial charge in [0, 0.05) is 18.7 Å². The van der Waals surface area contributed by atoms with E-state index in [1.807, 2.05) is 19.1 Å². The zero-order valence-corrected chi connectivity index (χ0v) is 10.6. The summed E-state index contributed by atoms with van der Waals surface area (Å²) in [6.07, 6.45) is 6.83. The van der Waals surface area contributed by atoms with Crippen LogP contribution in [0.1, 0.15) is 31.2 Å². The minimum atomic E-state index is 0.647. The van der Waals surface area contributed by atoms with Gasteiger partial charge in [0.2, 0.25) is 0 Å². The highest BCUT2D eigenvalue weighted by Gasteiger charge is 2.05. The molecule has 3 nitrogen and oxygen atoms in total. The van der Waals surface area contributed by atoms with Gasteiger partial charge in [-0.3, -0.25) is 4.98 Å². The molecule has 3 heteroatoms. The number of aryl methyl sites for hydroxylation is 1. The number of unbranched alkanes of at least 4 members (excludes halogenated alkanes) is 1. The van der Waals surface area contributed by atoms with Crippen LogP contribution >= 0.6 is 0 Å². The lowest BCUT2D eigenvalue weighted by molar-refractivity contribution is 0.307. The Labute approximate surface area is 104 Å². The van der Waals surface area contributed by atoms with E-state index >= 15 is 0 Å². The van der Waals surface area contributed by atoms with E-state index in [9.17, 15) is 0 Å². The molecule has 1 heterocycles. The van der Waals surface area contributed by atoms with Gasteiger partial charge in [-0.15, -0.1) is 12.3 Å². The topological polar surface area (TPSA) is 34.1 Å². The van der Waals surface area contributed by atoms with Crippen LogP contribution in [0.2, 0.25) is 0 Å². The van der Waals surface area contributed by atoms with Crippen LogP contribution in [0.4, 0.5) is 0 Å². The van der Waals surface area contributed by atoms with E-state index in [0.29, 0.717) is 6.61 Å². The van der Waals surface area contributed by atoms with Crippen molar-refractivity contribution in [3.63, 3.8) is 0 Å². The van der Waals surface area contributed by atoms with E-state index in [4.69, 9.17) is 11.2 Å². The standard InChI is InChI=1S/C14H20N2O/c1-4-6-7-10-17-14-9-8-12(3)16-13(14)11-15-5-2/h1,8-9,15H,5-7,10-11H2,2-3H3. The van der Waals surface area contributed by atoms with Gasteiger partial charge in [-0.25, -0.2) is 0 Å². The third-order valence-electron chi connectivity index (χ3n) is 2.34. The van der Waals surface area contributed by atoms with Crippen molar-refractivity contribution in [2.24, 2.45) is 0 Å². The van der Waals surface area contributed by atoms with Gasteiger partial charge in [0.25, 0.3) is 0 Å². The second kappa shape index (κ2) is 7.70. The maximum atomic E-state index is 5.69. The summed E-state index contributed by atoms with van der Waals surface area (Å²) < 4.78 is 5.69. The van der Waals surface area contributed by atoms with Crippen LogP contribution in [0, 0.1) is 19.3 Å². The number of hydrogen-bond donors (Lipinski definition) is 1. The summed E-state index contributed by atoms with van der Waals surface area (Å²) in [5, 5.41) is 3.26. The summed E-state index contributed by atoms with van der Waals surface area (Å²) in [6.45, 7) is 6.36. The first kappa shape index (κ1) is 13.5. The van der Waals surface area contributed by atoms with Crippen LogP contribution in [0.15, 0.2) is 12.1 Å². The molecule has 0 aromatic carbocycles. The zero-order valence-electron chi connectivity index (χ0n) is 10.6. The van der Waals surface area contributed by atoms with Gasteiger partial charge in [-0.1, -0.05) is 6.92 Å². The Kier molecular flexibility index (Phi) is 6.13. The van der Waals surface area contributed by atoms with Crippen molar-refractivity contribution in [3.05, 3.63) is 23.5 Å². The molecular weight excluding hydrogens is 212 g/mol. The van der Waals surface area contributed by atoms with E-state index in [2.05, 4.69) is 23.1 Å². The summed E-state index contributed by atoms with van der Waals surface area (Å²) in [5.41, 5.74) is 1.97. The fraction of sp³-hybridized carbons (Fsp3) is 0.500. The molecule has 1 aromatic heterocycles. The van der Waals surface area contributed by atoms with Crippen LogP contribution in [0.25, 0.3) is 0 Å². The average Bonchev–Trinajstić information content (AvgIpc) is 2.34. The van der Waals surface area contributed by atoms with Crippen LogP contribution in [-0.2, 0) is 6.54 Å². The molecule has 0 spiro atoms. The maximum absolute atomic E-state index is 5.69. The molecule has 0 saturated carbocycles. The van der Waals surface area contributed by atoms with E-state index < -0.39 is 0 Å². The Morgan fingerprint density at radius 1 is 1.47 bits per heavy atom. The number of ether oxygens (including phenoxy) is 1. The van der Waals surface area contributed by atoms with Gasteiger partial charge in [0.1, 0.15) is 5.75 Å². The van der Waals surface area contributed by atoms with Crippen molar-refractivity contribution < 1.29 is 4.74 Å². The molecule has 0 fully saturated rings. The summed E-state index contributed by atoms with van der Waals surface area (Å²) in [4.78, 5) is 4.48. The molecule has 0 bridgehead atoms. The first-order valence-electron chi connectivity index (χ1n) is 6.01. The van der Waals surface area contributed by atoms with Gasteiger partial charge in [-0.2, -0.15) is 0 Å². The predicted octanol–water partition coefficient (Wildman–Crippen LogP) is 2.29. The van der Waals surface area contributed by atoms with Crippen LogP contribution in [0.5, 0.6) is 5.75 Å². The second-order valence-corrected chi connectivity index (χ2v) is 3.83. The van der Waals surface area contributed by atoms with Crippen molar-refractivity contribution in [3.8, 4) is 18.1 Å². The van der Waals surface area contributed by atoms with Crippen molar-refractivity contribution in [1.29, 1.82) is 0 Å². The Morgan fingerprint density at radius 2 is 2.29 bits per heavy atom. The van der Waals surface area contributed by atoms with Crippen LogP contribution in [0.3, 0.4) is 0 Å². The third kappa shape index (κ3) is 4.88. The van der Waals surface area contributed by atoms with E-state index in [-0.39, 0.29) is 0 Å². The smallest absolute Gasteiger partial charge is 0.142 e. The van der Waals surface area contributed by atoms with Crippen LogP contribution < -0.4 is 10.1 Å². The van der Waals surface area contributed by atoms with Gasteiger partial charge in [0.05, 0.1) is 12.3 Å². The third-order valence-corrected chi connectivity index (χ3v) is 2.34. The molecule has 1 N–H and O–H groups in total. The predicted molar refractivity (Wildman–Crippen MR) is 69.9 cm³/mol. The largest absolute Gasteiger partial charge is 0.492 e. The van der Waals surface area contributed by atoms with E-state index in [1.54, 1.807) is 0 Å². The number of nitrogens with one attached hydrogen (secondary N) is 1. The molecule has 0 saturated heterocycles. The van der Waals surface area contributed by atoms with Crippen molar-refractivity contribution >= 4 is 0 Å². The molecule has 1 aromatic rings. The van der Waals surface area contributed by atoms with E-state index in [1.165, 1.54) is 0 Å². The molecule has 0 unspecified atom stereocenters. The zero-order chi connectivity index (χ0) is 12.5. The van der Waals surface area contributed by atoms with E-state index in [0.717, 1.165) is 43.1 Å². The fourth-order valence-electron chi connectivity index (χ4n) is 1.46. The highest BCUT2D eigenvalue weighted by atomic mass is 16.5. The maximum Gasteiger partial charge on any atom is 0.142 e. The Bertz CT molecular complexity index is 382. The van der Waals surface area contributed by atoms with Crippen molar-refractivity contribution in [2.45, 2.75) is 33.2 Å². The number of nitrogens with zero attached hydrogens (tertiary/aromatic N) is 1. The molecule has 0 atom stereocenters. The Balaban J connectivity index is 2.59. The average molecular weight is 232 g/mol. The second-order valence-electron chi connectivity index (χ2n) is 3.83. The normalized spacial score (nSPS) is 9.94. The lowest BCUT2D eigenvalue weighted by Gasteiger charge is -2.11. The number of rotatable bonds is 7. The summed E-state index contributed by atoms with van der Waals surface area (Å²) in [7, 11) is 0. The molecule has 0 amide bonds. The van der Waals surface area contributed by atoms with Gasteiger partial charge < -0.3 is 10.1 Å². The lowest BCUT2D eigenvalue weighted by atomic mass is 10.2. The fourth-order valence-corrected chi connectivity index (χ4v) is 1.46. The minimum Gasteiger partial charge on any atom is -0.492 e. The highest BCUT2D eigenvalue weighted by Crippen LogP contribution is 2.17. The first-order valence-corrected chi connectivity index (χ1v) is 6.01. The Hall–Kier alpha value is -1.53. The molecular formula is C14H20N2O.